The highest BCUT2D eigenvalue weighted by Crippen LogP contribution is 2.31. The molecule has 0 radical (unpaired) electrons. The number of rotatable bonds is 4. The Hall–Kier alpha value is -0.100. The highest BCUT2D eigenvalue weighted by Gasteiger charge is 2.24. The van der Waals surface area contributed by atoms with Gasteiger partial charge >= 0.3 is 0 Å². The molecule has 0 N–H and O–H groups in total. The molecule has 0 fully saturated rings. The fourth-order valence-electron chi connectivity index (χ4n) is 1.25. The van der Waals surface area contributed by atoms with Gasteiger partial charge in [0.2, 0.25) is 0 Å². The second-order valence-corrected chi connectivity index (χ2v) is 6.93. The average Bonchev–Trinajstić information content (AvgIpc) is 2.49. The molecule has 0 saturated heterocycles. The zero-order valence-corrected chi connectivity index (χ0v) is 11.3. The van der Waals surface area contributed by atoms with E-state index in [0.717, 1.165) is 16.9 Å². The topological polar surface area (TPSA) is 37.4 Å². The van der Waals surface area contributed by atoms with Gasteiger partial charge in [-0.3, -0.25) is 0 Å². The van der Waals surface area contributed by atoms with Gasteiger partial charge in [-0.2, -0.15) is 4.31 Å². The lowest BCUT2D eigenvalue weighted by atomic mass is 10.4. The lowest BCUT2D eigenvalue weighted by molar-refractivity contribution is 0.447. The van der Waals surface area contributed by atoms with Crippen molar-refractivity contribution in [2.75, 3.05) is 13.1 Å². The van der Waals surface area contributed by atoms with Gasteiger partial charge in [0, 0.05) is 13.1 Å². The highest BCUT2D eigenvalue weighted by atomic mass is 35.5. The molecule has 0 spiro atoms. The van der Waals surface area contributed by atoms with Crippen LogP contribution < -0.4 is 0 Å². The Morgan fingerprint density at radius 3 is 2.27 bits per heavy atom. The van der Waals surface area contributed by atoms with E-state index < -0.39 is 10.0 Å². The molecular weight excluding hydrogens is 254 g/mol. The van der Waals surface area contributed by atoms with Crippen molar-refractivity contribution in [1.29, 1.82) is 0 Å². The van der Waals surface area contributed by atoms with Gasteiger partial charge in [0.1, 0.15) is 4.21 Å². The third-order valence-corrected chi connectivity index (χ3v) is 6.19. The predicted molar refractivity (Wildman–Crippen MR) is 64.2 cm³/mol. The van der Waals surface area contributed by atoms with E-state index in [2.05, 4.69) is 0 Å². The van der Waals surface area contributed by atoms with Crippen LogP contribution in [0.1, 0.15) is 19.4 Å². The quantitative estimate of drug-likeness (QED) is 0.841. The third-order valence-electron chi connectivity index (χ3n) is 2.13. The van der Waals surface area contributed by atoms with Gasteiger partial charge in [-0.15, -0.1) is 11.3 Å². The molecule has 0 unspecified atom stereocenters. The first-order valence-electron chi connectivity index (χ1n) is 4.69. The minimum atomic E-state index is -3.34. The van der Waals surface area contributed by atoms with E-state index in [4.69, 9.17) is 11.6 Å². The zero-order chi connectivity index (χ0) is 11.6. The molecule has 1 heterocycles. The van der Waals surface area contributed by atoms with Crippen molar-refractivity contribution >= 4 is 33.0 Å². The largest absolute Gasteiger partial charge is 0.252 e. The van der Waals surface area contributed by atoms with Gasteiger partial charge in [-0.05, 0) is 18.6 Å². The summed E-state index contributed by atoms with van der Waals surface area (Å²) in [5.41, 5.74) is 0.812. The number of aryl methyl sites for hydroxylation is 1. The monoisotopic (exact) mass is 267 g/mol. The van der Waals surface area contributed by atoms with Crippen LogP contribution in [0.4, 0.5) is 0 Å². The summed E-state index contributed by atoms with van der Waals surface area (Å²) in [5, 5.41) is 0. The Kier molecular flexibility index (Phi) is 4.17. The van der Waals surface area contributed by atoms with Crippen LogP contribution >= 0.6 is 22.9 Å². The van der Waals surface area contributed by atoms with Crippen LogP contribution in [0.2, 0.25) is 4.34 Å². The van der Waals surface area contributed by atoms with Crippen molar-refractivity contribution in [2.45, 2.75) is 25.0 Å². The van der Waals surface area contributed by atoms with E-state index in [9.17, 15) is 8.42 Å². The maximum absolute atomic E-state index is 12.0. The van der Waals surface area contributed by atoms with Crippen molar-refractivity contribution in [3.63, 3.8) is 0 Å². The maximum atomic E-state index is 12.0. The minimum absolute atomic E-state index is 0.328. The normalized spacial score (nSPS) is 12.3. The Balaban J connectivity index is 3.16. The summed E-state index contributed by atoms with van der Waals surface area (Å²) >= 11 is 6.98. The Morgan fingerprint density at radius 1 is 1.40 bits per heavy atom. The third kappa shape index (κ3) is 2.53. The molecule has 0 bridgehead atoms. The van der Waals surface area contributed by atoms with Gasteiger partial charge in [-0.1, -0.05) is 25.4 Å². The molecule has 1 aromatic heterocycles. The highest BCUT2D eigenvalue weighted by molar-refractivity contribution is 7.91. The molecule has 0 aromatic carbocycles. The van der Waals surface area contributed by atoms with E-state index in [1.54, 1.807) is 13.0 Å². The van der Waals surface area contributed by atoms with E-state index in [0.29, 0.717) is 21.6 Å². The van der Waals surface area contributed by atoms with Crippen molar-refractivity contribution in [1.82, 2.24) is 4.31 Å². The Labute approximate surface area is 99.7 Å². The minimum Gasteiger partial charge on any atom is -0.206 e. The van der Waals surface area contributed by atoms with Gasteiger partial charge in [0.25, 0.3) is 10.0 Å². The number of hydrogen-bond acceptors (Lipinski definition) is 3. The van der Waals surface area contributed by atoms with Gasteiger partial charge < -0.3 is 0 Å². The Bertz CT molecular complexity index is 415. The Morgan fingerprint density at radius 2 is 1.93 bits per heavy atom. The first kappa shape index (κ1) is 13.0. The molecule has 1 aromatic rings. The van der Waals surface area contributed by atoms with Crippen molar-refractivity contribution in [3.05, 3.63) is 16.0 Å². The number of thiophene rings is 1. The van der Waals surface area contributed by atoms with Gasteiger partial charge in [0.05, 0.1) is 4.34 Å². The van der Waals surface area contributed by atoms with Crippen LogP contribution in [0, 0.1) is 6.92 Å². The molecule has 86 valence electrons. The molecular formula is C9H14ClNO2S2. The first-order valence-corrected chi connectivity index (χ1v) is 7.33. The number of nitrogens with zero attached hydrogens (tertiary/aromatic N) is 1. The van der Waals surface area contributed by atoms with Gasteiger partial charge in [0.15, 0.2) is 0 Å². The van der Waals surface area contributed by atoms with E-state index >= 15 is 0 Å². The van der Waals surface area contributed by atoms with E-state index in [1.165, 1.54) is 4.31 Å². The fourth-order valence-corrected chi connectivity index (χ4v) is 4.57. The van der Waals surface area contributed by atoms with Gasteiger partial charge in [-0.25, -0.2) is 8.42 Å². The van der Waals surface area contributed by atoms with Crippen molar-refractivity contribution in [2.24, 2.45) is 0 Å². The first-order chi connectivity index (χ1) is 6.93. The molecule has 1 rings (SSSR count). The summed E-state index contributed by atoms with van der Waals surface area (Å²) in [6.45, 7) is 6.41. The molecule has 0 aliphatic rings. The van der Waals surface area contributed by atoms with Crippen LogP contribution in [0.15, 0.2) is 10.3 Å². The number of sulfonamides is 1. The lowest BCUT2D eigenvalue weighted by Gasteiger charge is -2.16. The summed E-state index contributed by atoms with van der Waals surface area (Å²) < 4.78 is 26.4. The standard InChI is InChI=1S/C9H14ClNO2S2/c1-4-11(5-2)15(12,13)8-6-7(3)9(10)14-8/h6H,4-5H2,1-3H3. The molecule has 0 aliphatic heterocycles. The van der Waals surface area contributed by atoms with Crippen LogP contribution in [0.5, 0.6) is 0 Å². The summed E-state index contributed by atoms with van der Waals surface area (Å²) in [6, 6.07) is 1.63. The van der Waals surface area contributed by atoms with Crippen LogP contribution in [-0.2, 0) is 10.0 Å². The van der Waals surface area contributed by atoms with Crippen LogP contribution in [-0.4, -0.2) is 25.8 Å². The van der Waals surface area contributed by atoms with E-state index in [1.807, 2.05) is 13.8 Å². The number of halogens is 1. The molecule has 15 heavy (non-hydrogen) atoms. The second-order valence-electron chi connectivity index (χ2n) is 3.11. The van der Waals surface area contributed by atoms with Crippen LogP contribution in [0.25, 0.3) is 0 Å². The summed E-state index contributed by atoms with van der Waals surface area (Å²) in [7, 11) is -3.34. The molecule has 0 aliphatic carbocycles. The van der Waals surface area contributed by atoms with Crippen molar-refractivity contribution in [3.8, 4) is 0 Å². The van der Waals surface area contributed by atoms with E-state index in [-0.39, 0.29) is 0 Å². The molecule has 0 amide bonds. The zero-order valence-electron chi connectivity index (χ0n) is 8.95. The maximum Gasteiger partial charge on any atom is 0.252 e. The molecule has 0 saturated carbocycles. The predicted octanol–water partition coefficient (Wildman–Crippen LogP) is 2.74. The average molecular weight is 268 g/mol. The van der Waals surface area contributed by atoms with Crippen LogP contribution in [0.3, 0.4) is 0 Å². The second kappa shape index (κ2) is 4.82. The summed E-state index contributed by atoms with van der Waals surface area (Å²) in [4.78, 5) is 0. The molecule has 6 heteroatoms. The smallest absolute Gasteiger partial charge is 0.206 e. The summed E-state index contributed by atoms with van der Waals surface area (Å²) in [6.07, 6.45) is 0. The molecule has 0 atom stereocenters. The SMILES string of the molecule is CCN(CC)S(=O)(=O)c1cc(C)c(Cl)s1. The summed E-state index contributed by atoms with van der Waals surface area (Å²) in [5.74, 6) is 0. The van der Waals surface area contributed by atoms with Crippen molar-refractivity contribution < 1.29 is 8.42 Å². The fraction of sp³-hybridized carbons (Fsp3) is 0.556. The molecule has 3 nitrogen and oxygen atoms in total. The lowest BCUT2D eigenvalue weighted by Crippen LogP contribution is -2.29. The number of hydrogen-bond donors (Lipinski definition) is 0.